The fourth-order valence-corrected chi connectivity index (χ4v) is 4.85. The third kappa shape index (κ3) is 2.51. The highest BCUT2D eigenvalue weighted by Gasteiger charge is 2.23. The molecule has 2 aromatic heterocycles. The fourth-order valence-electron chi connectivity index (χ4n) is 3.50. The SMILES string of the molecule is Cc1cccc(C)c1Nc1ncnc2sc3c(c12)CCC(C)C3. The maximum atomic E-state index is 4.57. The first-order valence-corrected chi connectivity index (χ1v) is 9.03. The van der Waals surface area contributed by atoms with Gasteiger partial charge < -0.3 is 5.32 Å². The number of fused-ring (bicyclic) bond motifs is 3. The second kappa shape index (κ2) is 5.60. The van der Waals surface area contributed by atoms with Gasteiger partial charge in [-0.3, -0.25) is 0 Å². The average Bonchev–Trinajstić information content (AvgIpc) is 2.89. The third-order valence-corrected chi connectivity index (χ3v) is 5.98. The number of nitrogens with one attached hydrogen (secondary N) is 1. The van der Waals surface area contributed by atoms with E-state index in [4.69, 9.17) is 0 Å². The van der Waals surface area contributed by atoms with E-state index in [0.29, 0.717) is 0 Å². The molecule has 0 saturated heterocycles. The molecule has 3 nitrogen and oxygen atoms in total. The van der Waals surface area contributed by atoms with Gasteiger partial charge in [0.1, 0.15) is 17.0 Å². The van der Waals surface area contributed by atoms with Gasteiger partial charge in [-0.15, -0.1) is 11.3 Å². The van der Waals surface area contributed by atoms with Gasteiger partial charge in [0, 0.05) is 10.6 Å². The van der Waals surface area contributed by atoms with Gasteiger partial charge in [0.25, 0.3) is 0 Å². The molecule has 1 aliphatic carbocycles. The van der Waals surface area contributed by atoms with Gasteiger partial charge in [0.15, 0.2) is 0 Å². The van der Waals surface area contributed by atoms with Crippen LogP contribution in [0.1, 0.15) is 34.9 Å². The first-order valence-electron chi connectivity index (χ1n) is 8.22. The monoisotopic (exact) mass is 323 g/mol. The number of nitrogens with zero attached hydrogens (tertiary/aromatic N) is 2. The summed E-state index contributed by atoms with van der Waals surface area (Å²) in [5, 5.41) is 4.82. The highest BCUT2D eigenvalue weighted by molar-refractivity contribution is 7.19. The Bertz CT molecular complexity index is 861. The van der Waals surface area contributed by atoms with Crippen LogP contribution in [0.5, 0.6) is 0 Å². The van der Waals surface area contributed by atoms with Gasteiger partial charge in [0.05, 0.1) is 5.39 Å². The topological polar surface area (TPSA) is 37.8 Å². The summed E-state index contributed by atoms with van der Waals surface area (Å²) in [5.41, 5.74) is 5.12. The van der Waals surface area contributed by atoms with E-state index < -0.39 is 0 Å². The highest BCUT2D eigenvalue weighted by atomic mass is 32.1. The molecule has 0 radical (unpaired) electrons. The molecule has 1 aliphatic rings. The molecule has 1 N–H and O–H groups in total. The summed E-state index contributed by atoms with van der Waals surface area (Å²) < 4.78 is 0. The van der Waals surface area contributed by atoms with E-state index in [0.717, 1.165) is 28.7 Å². The largest absolute Gasteiger partial charge is 0.339 e. The number of anilines is 2. The van der Waals surface area contributed by atoms with Crippen molar-refractivity contribution < 1.29 is 0 Å². The Morgan fingerprint density at radius 3 is 2.74 bits per heavy atom. The van der Waals surface area contributed by atoms with Crippen LogP contribution in [0.25, 0.3) is 10.2 Å². The second-order valence-corrected chi connectivity index (χ2v) is 7.73. The van der Waals surface area contributed by atoms with Crippen molar-refractivity contribution in [1.82, 2.24) is 9.97 Å². The van der Waals surface area contributed by atoms with Crippen LogP contribution in [0.2, 0.25) is 0 Å². The number of rotatable bonds is 2. The Hall–Kier alpha value is -1.94. The number of thiophene rings is 1. The molecule has 23 heavy (non-hydrogen) atoms. The van der Waals surface area contributed by atoms with Gasteiger partial charge in [-0.2, -0.15) is 0 Å². The summed E-state index contributed by atoms with van der Waals surface area (Å²) in [7, 11) is 0. The summed E-state index contributed by atoms with van der Waals surface area (Å²) in [4.78, 5) is 11.7. The maximum Gasteiger partial charge on any atom is 0.142 e. The van der Waals surface area contributed by atoms with Crippen LogP contribution in [-0.2, 0) is 12.8 Å². The lowest BCUT2D eigenvalue weighted by Crippen LogP contribution is -2.09. The molecule has 0 aliphatic heterocycles. The third-order valence-electron chi connectivity index (χ3n) is 4.82. The lowest BCUT2D eigenvalue weighted by Gasteiger charge is -2.18. The molecule has 3 aromatic rings. The van der Waals surface area contributed by atoms with Crippen LogP contribution >= 0.6 is 11.3 Å². The Kier molecular flexibility index (Phi) is 3.57. The summed E-state index contributed by atoms with van der Waals surface area (Å²) in [5.74, 6) is 1.73. The zero-order valence-electron chi connectivity index (χ0n) is 13.8. The summed E-state index contributed by atoms with van der Waals surface area (Å²) in [6.07, 6.45) is 5.27. The molecule has 0 spiro atoms. The van der Waals surface area contributed by atoms with Crippen molar-refractivity contribution >= 4 is 33.1 Å². The first kappa shape index (κ1) is 14.6. The van der Waals surface area contributed by atoms with E-state index in [-0.39, 0.29) is 0 Å². The van der Waals surface area contributed by atoms with Crippen LogP contribution in [0.4, 0.5) is 11.5 Å². The van der Waals surface area contributed by atoms with Crippen molar-refractivity contribution in [2.45, 2.75) is 40.0 Å². The van der Waals surface area contributed by atoms with Gasteiger partial charge in [-0.05, 0) is 55.7 Å². The number of aromatic nitrogens is 2. The van der Waals surface area contributed by atoms with Crippen molar-refractivity contribution in [2.24, 2.45) is 5.92 Å². The molecule has 0 amide bonds. The van der Waals surface area contributed by atoms with Crippen molar-refractivity contribution in [3.05, 3.63) is 46.1 Å². The molecule has 1 unspecified atom stereocenters. The average molecular weight is 323 g/mol. The molecule has 0 saturated carbocycles. The summed E-state index contributed by atoms with van der Waals surface area (Å²) >= 11 is 1.85. The molecule has 4 heteroatoms. The molecule has 4 rings (SSSR count). The van der Waals surface area contributed by atoms with E-state index in [2.05, 4.69) is 54.3 Å². The molecule has 1 atom stereocenters. The minimum absolute atomic E-state index is 0.776. The second-order valence-electron chi connectivity index (χ2n) is 6.65. The zero-order valence-corrected chi connectivity index (χ0v) is 14.6. The van der Waals surface area contributed by atoms with E-state index in [9.17, 15) is 0 Å². The van der Waals surface area contributed by atoms with Crippen LogP contribution in [0.15, 0.2) is 24.5 Å². The number of hydrogen-bond donors (Lipinski definition) is 1. The smallest absolute Gasteiger partial charge is 0.142 e. The van der Waals surface area contributed by atoms with E-state index in [1.165, 1.54) is 39.8 Å². The summed E-state index contributed by atoms with van der Waals surface area (Å²) in [6, 6.07) is 6.37. The normalized spacial score (nSPS) is 17.3. The van der Waals surface area contributed by atoms with E-state index in [1.807, 2.05) is 11.3 Å². The molecular formula is C19H21N3S. The van der Waals surface area contributed by atoms with E-state index >= 15 is 0 Å². The lowest BCUT2D eigenvalue weighted by atomic mass is 9.89. The van der Waals surface area contributed by atoms with Crippen molar-refractivity contribution in [3.63, 3.8) is 0 Å². The van der Waals surface area contributed by atoms with Gasteiger partial charge >= 0.3 is 0 Å². The van der Waals surface area contributed by atoms with Gasteiger partial charge in [0.2, 0.25) is 0 Å². The van der Waals surface area contributed by atoms with Crippen molar-refractivity contribution in [1.29, 1.82) is 0 Å². The van der Waals surface area contributed by atoms with Crippen LogP contribution in [0.3, 0.4) is 0 Å². The highest BCUT2D eigenvalue weighted by Crippen LogP contribution is 2.40. The van der Waals surface area contributed by atoms with E-state index in [1.54, 1.807) is 6.33 Å². The van der Waals surface area contributed by atoms with Gasteiger partial charge in [-0.1, -0.05) is 25.1 Å². The first-order chi connectivity index (χ1) is 11.1. The molecule has 1 aromatic carbocycles. The summed E-state index contributed by atoms with van der Waals surface area (Å²) in [6.45, 7) is 6.62. The minimum atomic E-state index is 0.776. The molecule has 2 heterocycles. The van der Waals surface area contributed by atoms with Gasteiger partial charge in [-0.25, -0.2) is 9.97 Å². The Morgan fingerprint density at radius 2 is 1.96 bits per heavy atom. The maximum absolute atomic E-state index is 4.57. The van der Waals surface area contributed by atoms with Crippen LogP contribution < -0.4 is 5.32 Å². The predicted octanol–water partition coefficient (Wildman–Crippen LogP) is 5.18. The standard InChI is InChI=1S/C19H21N3S/c1-11-7-8-14-15(9-11)23-19-16(14)18(20-10-21-19)22-17-12(2)5-4-6-13(17)3/h4-6,10-11H,7-9H2,1-3H3,(H,20,21,22). The number of para-hydroxylation sites is 1. The zero-order chi connectivity index (χ0) is 16.0. The van der Waals surface area contributed by atoms with Crippen LogP contribution in [0, 0.1) is 19.8 Å². The lowest BCUT2D eigenvalue weighted by molar-refractivity contribution is 0.509. The number of aryl methyl sites for hydroxylation is 3. The Morgan fingerprint density at radius 1 is 1.17 bits per heavy atom. The molecule has 0 fully saturated rings. The van der Waals surface area contributed by atoms with Crippen molar-refractivity contribution in [2.75, 3.05) is 5.32 Å². The Labute approximate surface area is 140 Å². The number of benzene rings is 1. The minimum Gasteiger partial charge on any atom is -0.339 e. The molecule has 118 valence electrons. The molecule has 0 bridgehead atoms. The fraction of sp³-hybridized carbons (Fsp3) is 0.368. The molecular weight excluding hydrogens is 302 g/mol. The van der Waals surface area contributed by atoms with Crippen molar-refractivity contribution in [3.8, 4) is 0 Å². The van der Waals surface area contributed by atoms with Crippen LogP contribution in [-0.4, -0.2) is 9.97 Å². The number of hydrogen-bond acceptors (Lipinski definition) is 4. The Balaban J connectivity index is 1.85. The predicted molar refractivity (Wildman–Crippen MR) is 97.8 cm³/mol. The quantitative estimate of drug-likeness (QED) is 0.706.